The molecule has 2 heteroatoms. The second kappa shape index (κ2) is 7.68. The van der Waals surface area contributed by atoms with E-state index >= 15 is 0 Å². The fourth-order valence-electron chi connectivity index (χ4n) is 0.676. The maximum absolute atomic E-state index is 3.18. The van der Waals surface area contributed by atoms with Crippen LogP contribution < -0.4 is 0 Å². The molecular formula is C16H20Si2. The second-order valence-electron chi connectivity index (χ2n) is 5.87. The Balaban J connectivity index is 4.29. The predicted octanol–water partition coefficient (Wildman–Crippen LogP) is 3.31. The van der Waals surface area contributed by atoms with Gasteiger partial charge < -0.3 is 0 Å². The third-order valence-corrected chi connectivity index (χ3v) is 3.14. The molecule has 0 rings (SSSR count). The van der Waals surface area contributed by atoms with Crippen molar-refractivity contribution in [2.75, 3.05) is 0 Å². The lowest BCUT2D eigenvalue weighted by Gasteiger charge is -2.01. The van der Waals surface area contributed by atoms with Gasteiger partial charge in [-0.2, -0.15) is 0 Å². The molecule has 0 spiro atoms. The van der Waals surface area contributed by atoms with Crippen molar-refractivity contribution in [3.63, 3.8) is 0 Å². The smallest absolute Gasteiger partial charge is 0.118 e. The van der Waals surface area contributed by atoms with Gasteiger partial charge in [-0.15, -0.1) is 11.1 Å². The first-order valence-electron chi connectivity index (χ1n) is 5.91. The van der Waals surface area contributed by atoms with Gasteiger partial charge in [0.25, 0.3) is 0 Å². The SMILES string of the molecule is C[Si](C)(C)C#CC#C/C=C\C#CC#C[Si](C)(C)C. The van der Waals surface area contributed by atoms with Gasteiger partial charge in [0.1, 0.15) is 16.1 Å². The number of hydrogen-bond acceptors (Lipinski definition) is 0. The van der Waals surface area contributed by atoms with Gasteiger partial charge in [-0.25, -0.2) is 0 Å². The average Bonchev–Trinajstić information content (AvgIpc) is 2.17. The van der Waals surface area contributed by atoms with E-state index in [0.717, 1.165) is 0 Å². The zero-order valence-corrected chi connectivity index (χ0v) is 14.2. The largest absolute Gasteiger partial charge is 0.130 e. The summed E-state index contributed by atoms with van der Waals surface area (Å²) in [5.41, 5.74) is 6.35. The molecular weight excluding hydrogens is 248 g/mol. The Morgan fingerprint density at radius 3 is 1.17 bits per heavy atom. The lowest BCUT2D eigenvalue weighted by molar-refractivity contribution is 1.81. The highest BCUT2D eigenvalue weighted by molar-refractivity contribution is 6.84. The van der Waals surface area contributed by atoms with Gasteiger partial charge >= 0.3 is 0 Å². The van der Waals surface area contributed by atoms with Crippen LogP contribution in [-0.2, 0) is 0 Å². The van der Waals surface area contributed by atoms with Crippen molar-refractivity contribution in [2.24, 2.45) is 0 Å². The Kier molecular flexibility index (Phi) is 7.01. The van der Waals surface area contributed by atoms with E-state index in [-0.39, 0.29) is 0 Å². The Morgan fingerprint density at radius 2 is 0.889 bits per heavy atom. The molecule has 18 heavy (non-hydrogen) atoms. The normalized spacial score (nSPS) is 9.89. The van der Waals surface area contributed by atoms with Crippen LogP contribution in [0.2, 0.25) is 39.3 Å². The summed E-state index contributed by atoms with van der Waals surface area (Å²) in [6, 6.07) is 0. The molecule has 92 valence electrons. The van der Waals surface area contributed by atoms with Gasteiger partial charge in [0.15, 0.2) is 0 Å². The average molecular weight is 269 g/mol. The minimum Gasteiger partial charge on any atom is -0.118 e. The quantitative estimate of drug-likeness (QED) is 0.467. The molecule has 0 bridgehead atoms. The minimum atomic E-state index is -1.29. The molecule has 0 aromatic carbocycles. The topological polar surface area (TPSA) is 0 Å². The molecule has 0 saturated carbocycles. The predicted molar refractivity (Wildman–Crippen MR) is 86.9 cm³/mol. The van der Waals surface area contributed by atoms with Crippen molar-refractivity contribution >= 4 is 16.1 Å². The third kappa shape index (κ3) is 14.4. The zero-order chi connectivity index (χ0) is 14.1. The highest BCUT2D eigenvalue weighted by atomic mass is 28.3. The molecule has 0 nitrogen and oxygen atoms in total. The van der Waals surface area contributed by atoms with E-state index in [1.807, 2.05) is 0 Å². The van der Waals surface area contributed by atoms with Gasteiger partial charge in [-0.1, -0.05) is 51.1 Å². The van der Waals surface area contributed by atoms with E-state index in [1.165, 1.54) is 0 Å². The van der Waals surface area contributed by atoms with Crippen LogP contribution in [0.25, 0.3) is 0 Å². The van der Waals surface area contributed by atoms with Gasteiger partial charge in [0, 0.05) is 0 Å². The maximum atomic E-state index is 3.18. The van der Waals surface area contributed by atoms with E-state index in [2.05, 4.69) is 85.9 Å². The third-order valence-electron chi connectivity index (χ3n) is 1.39. The molecule has 0 atom stereocenters. The Bertz CT molecular complexity index is 484. The monoisotopic (exact) mass is 268 g/mol. The minimum absolute atomic E-state index is 1.29. The lowest BCUT2D eigenvalue weighted by Crippen LogP contribution is -2.16. The first kappa shape index (κ1) is 16.4. The molecule has 0 saturated heterocycles. The van der Waals surface area contributed by atoms with Crippen LogP contribution in [0.4, 0.5) is 0 Å². The lowest BCUT2D eigenvalue weighted by atomic mass is 10.4. The Morgan fingerprint density at radius 1 is 0.556 bits per heavy atom. The highest BCUT2D eigenvalue weighted by Gasteiger charge is 2.07. The van der Waals surface area contributed by atoms with Crippen LogP contribution >= 0.6 is 0 Å². The number of hydrogen-bond donors (Lipinski definition) is 0. The van der Waals surface area contributed by atoms with Crippen LogP contribution in [0.1, 0.15) is 0 Å². The Hall–Kier alpha value is -1.59. The van der Waals surface area contributed by atoms with Crippen molar-refractivity contribution in [1.82, 2.24) is 0 Å². The van der Waals surface area contributed by atoms with E-state index in [0.29, 0.717) is 0 Å². The molecule has 0 aromatic heterocycles. The van der Waals surface area contributed by atoms with Gasteiger partial charge in [-0.05, 0) is 35.8 Å². The Labute approximate surface area is 114 Å². The molecule has 0 amide bonds. The van der Waals surface area contributed by atoms with Gasteiger partial charge in [0.05, 0.1) is 0 Å². The van der Waals surface area contributed by atoms with Crippen LogP contribution in [0.5, 0.6) is 0 Å². The van der Waals surface area contributed by atoms with E-state index in [1.54, 1.807) is 12.2 Å². The molecule has 0 N–H and O–H groups in total. The van der Waals surface area contributed by atoms with Crippen LogP contribution in [0.15, 0.2) is 12.2 Å². The van der Waals surface area contributed by atoms with Crippen molar-refractivity contribution < 1.29 is 0 Å². The van der Waals surface area contributed by atoms with Crippen molar-refractivity contribution in [3.05, 3.63) is 12.2 Å². The fraction of sp³-hybridized carbons (Fsp3) is 0.375. The summed E-state index contributed by atoms with van der Waals surface area (Å²) in [7, 11) is -2.58. The summed E-state index contributed by atoms with van der Waals surface area (Å²) >= 11 is 0. The van der Waals surface area contributed by atoms with Crippen LogP contribution in [-0.4, -0.2) is 16.1 Å². The highest BCUT2D eigenvalue weighted by Crippen LogP contribution is 1.95. The standard InChI is InChI=1S/C16H20Si2/c1-17(2,3)15-13-11-9-7-8-10-12-14-16-18(4,5)6/h7-8H,1-6H3/b8-7-. The summed E-state index contributed by atoms with van der Waals surface area (Å²) in [4.78, 5) is 0. The van der Waals surface area contributed by atoms with Crippen LogP contribution in [0.3, 0.4) is 0 Å². The fourth-order valence-corrected chi connectivity index (χ4v) is 1.55. The molecule has 0 aromatic rings. The molecule has 0 aliphatic rings. The van der Waals surface area contributed by atoms with Crippen molar-refractivity contribution in [1.29, 1.82) is 0 Å². The summed E-state index contributed by atoms with van der Waals surface area (Å²) in [5, 5.41) is 0. The second-order valence-corrected chi connectivity index (χ2v) is 15.4. The zero-order valence-electron chi connectivity index (χ0n) is 12.2. The first-order valence-corrected chi connectivity index (χ1v) is 12.9. The number of allylic oxidation sites excluding steroid dienone is 2. The number of rotatable bonds is 0. The van der Waals surface area contributed by atoms with Gasteiger partial charge in [-0.3, -0.25) is 0 Å². The molecule has 0 radical (unpaired) electrons. The van der Waals surface area contributed by atoms with Crippen LogP contribution in [0, 0.1) is 46.6 Å². The molecule has 0 aliphatic carbocycles. The van der Waals surface area contributed by atoms with E-state index < -0.39 is 16.1 Å². The molecule has 0 heterocycles. The summed E-state index contributed by atoms with van der Waals surface area (Å²) in [6.45, 7) is 13.2. The molecule has 0 unspecified atom stereocenters. The summed E-state index contributed by atoms with van der Waals surface area (Å²) in [5.74, 6) is 17.0. The molecule has 0 fully saturated rings. The first-order chi connectivity index (χ1) is 8.21. The van der Waals surface area contributed by atoms with Gasteiger partial charge in [0.2, 0.25) is 0 Å². The van der Waals surface area contributed by atoms with E-state index in [9.17, 15) is 0 Å². The van der Waals surface area contributed by atoms with Crippen molar-refractivity contribution in [2.45, 2.75) is 39.3 Å². The van der Waals surface area contributed by atoms with Crippen molar-refractivity contribution in [3.8, 4) is 46.6 Å². The van der Waals surface area contributed by atoms with E-state index in [4.69, 9.17) is 0 Å². The summed E-state index contributed by atoms with van der Waals surface area (Å²) < 4.78 is 0. The molecule has 0 aliphatic heterocycles. The summed E-state index contributed by atoms with van der Waals surface area (Å²) in [6.07, 6.45) is 3.42. The maximum Gasteiger partial charge on any atom is 0.130 e.